The number of carbonyl (C=O) groups excluding carboxylic acids is 2. The molecule has 0 radical (unpaired) electrons. The van der Waals surface area contributed by atoms with E-state index in [4.69, 9.17) is 4.74 Å². The molecule has 15 heteroatoms. The fourth-order valence-electron chi connectivity index (χ4n) is 6.55. The van der Waals surface area contributed by atoms with Crippen LogP contribution in [-0.4, -0.2) is 97.8 Å². The maximum Gasteiger partial charge on any atom is 0.406 e. The van der Waals surface area contributed by atoms with E-state index in [9.17, 15) is 27.2 Å². The number of ketones is 1. The van der Waals surface area contributed by atoms with Crippen LogP contribution in [0.4, 0.5) is 17.6 Å². The van der Waals surface area contributed by atoms with Gasteiger partial charge in [0.05, 0.1) is 29.4 Å². The van der Waals surface area contributed by atoms with Gasteiger partial charge in [0.25, 0.3) is 5.91 Å². The third-order valence-electron chi connectivity index (χ3n) is 9.17. The lowest BCUT2D eigenvalue weighted by Crippen LogP contribution is -2.39. The molecule has 1 aliphatic rings. The van der Waals surface area contributed by atoms with Crippen LogP contribution in [0.15, 0.2) is 73.1 Å². The molecule has 1 atom stereocenters. The maximum atomic E-state index is 13.9. The van der Waals surface area contributed by atoms with Gasteiger partial charge < -0.3 is 19.1 Å². The van der Waals surface area contributed by atoms with E-state index >= 15 is 0 Å². The quantitative estimate of drug-likeness (QED) is 0.124. The van der Waals surface area contributed by atoms with Gasteiger partial charge in [-0.2, -0.15) is 13.2 Å². The number of para-hydroxylation sites is 2. The van der Waals surface area contributed by atoms with Crippen LogP contribution in [0.3, 0.4) is 0 Å². The Morgan fingerprint density at radius 2 is 1.78 bits per heavy atom. The fourth-order valence-corrected chi connectivity index (χ4v) is 6.55. The number of Topliss-reactive ketones (excluding diaryl/α,β-unsaturated/α-hetero) is 1. The van der Waals surface area contributed by atoms with Crippen LogP contribution in [0.5, 0.6) is 5.75 Å². The maximum absolute atomic E-state index is 13.9. The number of ether oxygens (including phenoxy) is 1. The molecule has 1 amide bonds. The van der Waals surface area contributed by atoms with E-state index in [0.29, 0.717) is 68.0 Å². The first-order valence-corrected chi connectivity index (χ1v) is 16.2. The Labute approximate surface area is 285 Å². The number of piperidine rings is 1. The number of hydrogen-bond acceptors (Lipinski definition) is 8. The highest BCUT2D eigenvalue weighted by Crippen LogP contribution is 2.30. The van der Waals surface area contributed by atoms with Crippen LogP contribution in [0, 0.1) is 11.7 Å². The minimum Gasteiger partial charge on any atom is -0.496 e. The van der Waals surface area contributed by atoms with Crippen LogP contribution in [0.1, 0.15) is 51.7 Å². The minimum absolute atomic E-state index is 0.153. The lowest BCUT2D eigenvalue weighted by Gasteiger charge is -2.33. The van der Waals surface area contributed by atoms with E-state index < -0.39 is 18.6 Å². The Morgan fingerprint density at radius 1 is 1.04 bits per heavy atom. The number of likely N-dealkylation sites (N-methyl/N-ethyl adjacent to an activating group) is 1. The predicted molar refractivity (Wildman–Crippen MR) is 176 cm³/mol. The largest absolute Gasteiger partial charge is 0.496 e. The van der Waals surface area contributed by atoms with Crippen molar-refractivity contribution in [3.05, 3.63) is 95.8 Å². The van der Waals surface area contributed by atoms with Crippen LogP contribution >= 0.6 is 0 Å². The van der Waals surface area contributed by atoms with Gasteiger partial charge in [-0.25, -0.2) is 14.1 Å². The Bertz CT molecular complexity index is 1940. The molecular weight excluding hydrogens is 656 g/mol. The molecule has 0 bridgehead atoms. The van der Waals surface area contributed by atoms with Crippen molar-refractivity contribution in [2.45, 2.75) is 37.9 Å². The molecule has 50 heavy (non-hydrogen) atoms. The number of likely N-dealkylation sites (tertiary alicyclic amines) is 1. The average Bonchev–Trinajstić information content (AvgIpc) is 3.78. The summed E-state index contributed by atoms with van der Waals surface area (Å²) in [5.74, 6) is -1.40. The van der Waals surface area contributed by atoms with Crippen LogP contribution in [0.25, 0.3) is 16.7 Å². The topological polar surface area (TPSA) is 111 Å². The molecule has 0 aliphatic carbocycles. The Kier molecular flexibility index (Phi) is 10.2. The number of rotatable bonds is 12. The molecule has 2 aromatic heterocycles. The standard InChI is InChI=1S/C35H36F4N8O3/c1-44(34(49)28-19-27(11-12-31(28)50-2)47-22-40-42-43-47)20-25(23-7-9-26(36)10-8-23)15-18-45-16-13-24(14-17-45)32(48)33-41-29-5-3-4-6-30(29)46(33)21-35(37,38)39/h3-12,19,22,24-25H,13-18,20-21H2,1-2H3. The summed E-state index contributed by atoms with van der Waals surface area (Å²) in [4.78, 5) is 35.4. The lowest BCUT2D eigenvalue weighted by molar-refractivity contribution is -0.140. The number of tetrazole rings is 1. The third-order valence-corrected chi connectivity index (χ3v) is 9.17. The molecule has 1 fully saturated rings. The van der Waals surface area contributed by atoms with Crippen molar-refractivity contribution in [3.8, 4) is 11.4 Å². The summed E-state index contributed by atoms with van der Waals surface area (Å²) in [6, 6.07) is 17.8. The van der Waals surface area contributed by atoms with Gasteiger partial charge in [0.2, 0.25) is 5.78 Å². The first kappa shape index (κ1) is 34.7. The monoisotopic (exact) mass is 692 g/mol. The smallest absolute Gasteiger partial charge is 0.406 e. The van der Waals surface area contributed by atoms with Gasteiger partial charge in [0.1, 0.15) is 24.4 Å². The first-order chi connectivity index (χ1) is 24.0. The number of benzene rings is 3. The van der Waals surface area contributed by atoms with Gasteiger partial charge in [-0.15, -0.1) is 5.10 Å². The summed E-state index contributed by atoms with van der Waals surface area (Å²) in [6.07, 6.45) is -1.50. The number of carbonyl (C=O) groups is 2. The zero-order chi connectivity index (χ0) is 35.4. The van der Waals surface area contributed by atoms with Crippen molar-refractivity contribution >= 4 is 22.7 Å². The summed E-state index contributed by atoms with van der Waals surface area (Å²) in [6.45, 7) is 0.819. The molecule has 6 rings (SSSR count). The predicted octanol–water partition coefficient (Wildman–Crippen LogP) is 5.56. The van der Waals surface area contributed by atoms with E-state index in [2.05, 4.69) is 25.4 Å². The summed E-state index contributed by atoms with van der Waals surface area (Å²) < 4.78 is 62.2. The van der Waals surface area contributed by atoms with Crippen molar-refractivity contribution in [1.82, 2.24) is 39.6 Å². The van der Waals surface area contributed by atoms with Gasteiger partial charge in [-0.05, 0) is 97.4 Å². The van der Waals surface area contributed by atoms with Gasteiger partial charge in [-0.1, -0.05) is 24.3 Å². The summed E-state index contributed by atoms with van der Waals surface area (Å²) >= 11 is 0. The summed E-state index contributed by atoms with van der Waals surface area (Å²) in [5.41, 5.74) is 2.42. The number of imidazole rings is 1. The molecular formula is C35H36F4N8O3. The molecule has 5 aromatic rings. The number of halogens is 4. The van der Waals surface area contributed by atoms with Gasteiger partial charge in [-0.3, -0.25) is 9.59 Å². The zero-order valence-electron chi connectivity index (χ0n) is 27.6. The molecule has 262 valence electrons. The first-order valence-electron chi connectivity index (χ1n) is 16.2. The van der Waals surface area contributed by atoms with E-state index in [-0.39, 0.29) is 34.8 Å². The molecule has 11 nitrogen and oxygen atoms in total. The Hall–Kier alpha value is -5.18. The van der Waals surface area contributed by atoms with Gasteiger partial charge in [0, 0.05) is 25.4 Å². The van der Waals surface area contributed by atoms with E-state index in [1.165, 1.54) is 30.3 Å². The number of hydrogen-bond donors (Lipinski definition) is 0. The highest BCUT2D eigenvalue weighted by Gasteiger charge is 2.35. The summed E-state index contributed by atoms with van der Waals surface area (Å²) in [7, 11) is 3.19. The van der Waals surface area contributed by atoms with Gasteiger partial charge in [0.15, 0.2) is 5.82 Å². The van der Waals surface area contributed by atoms with Gasteiger partial charge >= 0.3 is 6.18 Å². The number of alkyl halides is 3. The number of nitrogens with zero attached hydrogens (tertiary/aromatic N) is 8. The van der Waals surface area contributed by atoms with Crippen molar-refractivity contribution in [2.24, 2.45) is 5.92 Å². The summed E-state index contributed by atoms with van der Waals surface area (Å²) in [5, 5.41) is 11.2. The van der Waals surface area contributed by atoms with Crippen molar-refractivity contribution in [2.75, 3.05) is 40.3 Å². The zero-order valence-corrected chi connectivity index (χ0v) is 27.6. The minimum atomic E-state index is -4.51. The van der Waals surface area contributed by atoms with Crippen molar-refractivity contribution in [3.63, 3.8) is 0 Å². The molecule has 3 aromatic carbocycles. The number of methoxy groups -OCH3 is 1. The number of amides is 1. The van der Waals surface area contributed by atoms with Crippen LogP contribution < -0.4 is 4.74 Å². The van der Waals surface area contributed by atoms with Crippen molar-refractivity contribution < 1.29 is 31.9 Å². The molecule has 1 saturated heterocycles. The molecule has 1 unspecified atom stereocenters. The third kappa shape index (κ3) is 7.83. The highest BCUT2D eigenvalue weighted by molar-refractivity contribution is 5.98. The molecule has 0 spiro atoms. The second kappa shape index (κ2) is 14.7. The van der Waals surface area contributed by atoms with E-state index in [1.54, 1.807) is 66.5 Å². The Balaban J connectivity index is 1.12. The molecule has 3 heterocycles. The SMILES string of the molecule is COc1ccc(-n2cnnn2)cc1C(=O)N(C)CC(CCN1CCC(C(=O)c2nc3ccccc3n2CC(F)(F)F)CC1)c1ccc(F)cc1. The highest BCUT2D eigenvalue weighted by atomic mass is 19.4. The van der Waals surface area contributed by atoms with Crippen molar-refractivity contribution in [1.29, 1.82) is 0 Å². The average molecular weight is 693 g/mol. The van der Waals surface area contributed by atoms with E-state index in [1.807, 2.05) is 0 Å². The second-order valence-corrected chi connectivity index (χ2v) is 12.5. The molecule has 0 N–H and O–H groups in total. The molecule has 0 saturated carbocycles. The fraction of sp³-hybridized carbons (Fsp3) is 0.371. The van der Waals surface area contributed by atoms with Crippen LogP contribution in [0.2, 0.25) is 0 Å². The van der Waals surface area contributed by atoms with Crippen LogP contribution in [-0.2, 0) is 6.54 Å². The Morgan fingerprint density at radius 3 is 2.46 bits per heavy atom. The number of fused-ring (bicyclic) bond motifs is 1. The second-order valence-electron chi connectivity index (χ2n) is 12.5. The van der Waals surface area contributed by atoms with E-state index in [0.717, 1.165) is 10.1 Å². The molecule has 1 aliphatic heterocycles. The lowest BCUT2D eigenvalue weighted by atomic mass is 9.90. The normalized spacial score (nSPS) is 14.9. The number of aromatic nitrogens is 6.